The van der Waals surface area contributed by atoms with E-state index < -0.39 is 11.9 Å². The molecule has 0 heterocycles. The van der Waals surface area contributed by atoms with E-state index in [0.717, 1.165) is 0 Å². The van der Waals surface area contributed by atoms with Gasteiger partial charge in [-0.15, -0.1) is 0 Å². The Hall–Kier alpha value is -3.99. The lowest BCUT2D eigenvalue weighted by Crippen LogP contribution is -2.15. The molecule has 0 aliphatic heterocycles. The van der Waals surface area contributed by atoms with Crippen molar-refractivity contribution >= 4 is 23.3 Å². The van der Waals surface area contributed by atoms with Gasteiger partial charge in [-0.3, -0.25) is 4.79 Å². The Morgan fingerprint density at radius 1 is 1.04 bits per heavy atom. The van der Waals surface area contributed by atoms with Gasteiger partial charge in [0.2, 0.25) is 0 Å². The molecule has 0 bridgehead atoms. The summed E-state index contributed by atoms with van der Waals surface area (Å²) in [5.41, 5.74) is 0.815. The fourth-order valence-electron chi connectivity index (χ4n) is 2.30. The Balaban J connectivity index is 2.24. The van der Waals surface area contributed by atoms with E-state index in [2.05, 4.69) is 10.6 Å². The summed E-state index contributed by atoms with van der Waals surface area (Å²) in [5.74, 6) is -0.267. The Morgan fingerprint density at radius 2 is 1.79 bits per heavy atom. The molecule has 0 fully saturated rings. The molecule has 8 heteroatoms. The molecule has 2 aromatic carbocycles. The Bertz CT molecular complexity index is 947. The number of carbonyl (C=O) groups excluding carboxylic acids is 2. The molecular formula is C20H19N3O5. The van der Waals surface area contributed by atoms with Gasteiger partial charge in [-0.1, -0.05) is 12.1 Å². The number of nitrogens with zero attached hydrogens (tertiary/aromatic N) is 1. The summed E-state index contributed by atoms with van der Waals surface area (Å²) < 4.78 is 15.0. The summed E-state index contributed by atoms with van der Waals surface area (Å²) in [6, 6.07) is 13.3. The highest BCUT2D eigenvalue weighted by atomic mass is 16.5. The van der Waals surface area contributed by atoms with E-state index in [-0.39, 0.29) is 11.1 Å². The number of esters is 1. The molecule has 8 nitrogen and oxygen atoms in total. The second kappa shape index (κ2) is 9.64. The highest BCUT2D eigenvalue weighted by molar-refractivity contribution is 6.07. The van der Waals surface area contributed by atoms with Crippen LogP contribution in [0.5, 0.6) is 11.5 Å². The molecule has 0 aromatic heterocycles. The summed E-state index contributed by atoms with van der Waals surface area (Å²) in [4.78, 5) is 24.3. The molecule has 144 valence electrons. The molecule has 2 rings (SSSR count). The van der Waals surface area contributed by atoms with Crippen molar-refractivity contribution in [3.8, 4) is 17.6 Å². The predicted molar refractivity (Wildman–Crippen MR) is 103 cm³/mol. The van der Waals surface area contributed by atoms with Crippen molar-refractivity contribution in [1.82, 2.24) is 0 Å². The number of rotatable bonds is 7. The molecule has 2 aromatic rings. The van der Waals surface area contributed by atoms with Crippen LogP contribution in [0.4, 0.5) is 11.4 Å². The van der Waals surface area contributed by atoms with Gasteiger partial charge < -0.3 is 24.8 Å². The van der Waals surface area contributed by atoms with Crippen molar-refractivity contribution in [2.24, 2.45) is 0 Å². The fraction of sp³-hybridized carbons (Fsp3) is 0.150. The van der Waals surface area contributed by atoms with Crippen LogP contribution in [0.25, 0.3) is 0 Å². The van der Waals surface area contributed by atoms with E-state index in [4.69, 9.17) is 14.2 Å². The number of methoxy groups -OCH3 is 3. The van der Waals surface area contributed by atoms with E-state index in [1.54, 1.807) is 42.5 Å². The first kappa shape index (κ1) is 20.3. The van der Waals surface area contributed by atoms with E-state index >= 15 is 0 Å². The Kier molecular flexibility index (Phi) is 6.99. The molecule has 0 aliphatic rings. The second-order valence-electron chi connectivity index (χ2n) is 5.37. The van der Waals surface area contributed by atoms with Crippen LogP contribution in [0.1, 0.15) is 10.4 Å². The van der Waals surface area contributed by atoms with Crippen LogP contribution in [0, 0.1) is 11.3 Å². The third-order valence-corrected chi connectivity index (χ3v) is 3.72. The number of hydrogen-bond acceptors (Lipinski definition) is 7. The smallest absolute Gasteiger partial charge is 0.339 e. The van der Waals surface area contributed by atoms with E-state index in [0.29, 0.717) is 22.9 Å². The van der Waals surface area contributed by atoms with Crippen molar-refractivity contribution in [2.75, 3.05) is 32.0 Å². The fourth-order valence-corrected chi connectivity index (χ4v) is 2.30. The Morgan fingerprint density at radius 3 is 2.43 bits per heavy atom. The number of anilines is 2. The Labute approximate surface area is 162 Å². The number of nitriles is 1. The predicted octanol–water partition coefficient (Wildman–Crippen LogP) is 2.95. The molecule has 0 saturated heterocycles. The first-order valence-corrected chi connectivity index (χ1v) is 8.11. The molecule has 0 aliphatic carbocycles. The van der Waals surface area contributed by atoms with Gasteiger partial charge in [-0.05, 0) is 24.3 Å². The van der Waals surface area contributed by atoms with Gasteiger partial charge in [0, 0.05) is 12.3 Å². The summed E-state index contributed by atoms with van der Waals surface area (Å²) in [6.45, 7) is 0. The molecule has 28 heavy (non-hydrogen) atoms. The average molecular weight is 381 g/mol. The SMILES string of the molecule is COC(=O)c1ccccc1N/C=C(/C#N)C(=O)Nc1cc(OC)ccc1OC. The van der Waals surface area contributed by atoms with Crippen LogP contribution in [0.3, 0.4) is 0 Å². The molecule has 1 amide bonds. The summed E-state index contributed by atoms with van der Waals surface area (Å²) in [6.07, 6.45) is 1.21. The van der Waals surface area contributed by atoms with Crippen molar-refractivity contribution in [1.29, 1.82) is 5.26 Å². The summed E-state index contributed by atoms with van der Waals surface area (Å²) in [5, 5.41) is 14.7. The van der Waals surface area contributed by atoms with Gasteiger partial charge in [0.25, 0.3) is 5.91 Å². The average Bonchev–Trinajstić information content (AvgIpc) is 2.73. The summed E-state index contributed by atoms with van der Waals surface area (Å²) >= 11 is 0. The van der Waals surface area contributed by atoms with Crippen molar-refractivity contribution in [3.63, 3.8) is 0 Å². The zero-order valence-electron chi connectivity index (χ0n) is 15.6. The highest BCUT2D eigenvalue weighted by Crippen LogP contribution is 2.29. The van der Waals surface area contributed by atoms with Crippen LogP contribution >= 0.6 is 0 Å². The lowest BCUT2D eigenvalue weighted by Gasteiger charge is -2.12. The molecule has 0 atom stereocenters. The zero-order chi connectivity index (χ0) is 20.5. The third kappa shape index (κ3) is 4.80. The van der Waals surface area contributed by atoms with Gasteiger partial charge in [-0.25, -0.2) is 4.79 Å². The van der Waals surface area contributed by atoms with Gasteiger partial charge in [0.05, 0.1) is 38.3 Å². The normalized spacial score (nSPS) is 10.4. The maximum atomic E-state index is 12.5. The standard InChI is InChI=1S/C20H19N3O5/c1-26-14-8-9-18(27-2)17(10-14)23-19(24)13(11-21)12-22-16-7-5-4-6-15(16)20(25)28-3/h4-10,12,22H,1-3H3,(H,23,24)/b13-12-. The maximum absolute atomic E-state index is 12.5. The van der Waals surface area contributed by atoms with E-state index in [9.17, 15) is 14.9 Å². The molecular weight excluding hydrogens is 362 g/mol. The van der Waals surface area contributed by atoms with E-state index in [1.165, 1.54) is 27.5 Å². The van der Waals surface area contributed by atoms with Crippen LogP contribution in [0.15, 0.2) is 54.2 Å². The minimum atomic E-state index is -0.655. The lowest BCUT2D eigenvalue weighted by atomic mass is 10.1. The number of para-hydroxylation sites is 1. The van der Waals surface area contributed by atoms with Crippen molar-refractivity contribution in [2.45, 2.75) is 0 Å². The third-order valence-electron chi connectivity index (χ3n) is 3.72. The first-order valence-electron chi connectivity index (χ1n) is 8.11. The second-order valence-corrected chi connectivity index (χ2v) is 5.37. The number of nitrogens with one attached hydrogen (secondary N) is 2. The molecule has 0 saturated carbocycles. The van der Waals surface area contributed by atoms with Crippen LogP contribution in [0.2, 0.25) is 0 Å². The molecule has 0 spiro atoms. The minimum Gasteiger partial charge on any atom is -0.497 e. The maximum Gasteiger partial charge on any atom is 0.339 e. The van der Waals surface area contributed by atoms with Gasteiger partial charge in [0.1, 0.15) is 23.1 Å². The molecule has 2 N–H and O–H groups in total. The number of ether oxygens (including phenoxy) is 3. The molecule has 0 unspecified atom stereocenters. The number of carbonyl (C=O) groups is 2. The quantitative estimate of drug-likeness (QED) is 0.431. The number of benzene rings is 2. The summed E-state index contributed by atoms with van der Waals surface area (Å²) in [7, 11) is 4.23. The number of hydrogen-bond donors (Lipinski definition) is 2. The van der Waals surface area contributed by atoms with Crippen LogP contribution in [-0.2, 0) is 9.53 Å². The largest absolute Gasteiger partial charge is 0.497 e. The highest BCUT2D eigenvalue weighted by Gasteiger charge is 2.15. The topological polar surface area (TPSA) is 110 Å². The van der Waals surface area contributed by atoms with Gasteiger partial charge >= 0.3 is 5.97 Å². The molecule has 0 radical (unpaired) electrons. The van der Waals surface area contributed by atoms with Gasteiger partial charge in [0.15, 0.2) is 0 Å². The van der Waals surface area contributed by atoms with Crippen LogP contribution in [-0.4, -0.2) is 33.2 Å². The minimum absolute atomic E-state index is 0.204. The first-order chi connectivity index (χ1) is 13.5. The monoisotopic (exact) mass is 381 g/mol. The van der Waals surface area contributed by atoms with E-state index in [1.807, 2.05) is 6.07 Å². The van der Waals surface area contributed by atoms with Crippen LogP contribution < -0.4 is 20.1 Å². The van der Waals surface area contributed by atoms with Crippen molar-refractivity contribution in [3.05, 3.63) is 59.8 Å². The number of amides is 1. The zero-order valence-corrected chi connectivity index (χ0v) is 15.6. The van der Waals surface area contributed by atoms with Crippen molar-refractivity contribution < 1.29 is 23.8 Å². The van der Waals surface area contributed by atoms with Gasteiger partial charge in [-0.2, -0.15) is 5.26 Å². The lowest BCUT2D eigenvalue weighted by molar-refractivity contribution is -0.112.